The minimum Gasteiger partial charge on any atom is -0.480 e. The summed E-state index contributed by atoms with van der Waals surface area (Å²) in [7, 11) is 0. The third kappa shape index (κ3) is 2.64. The van der Waals surface area contributed by atoms with Gasteiger partial charge in [-0.3, -0.25) is 4.79 Å². The van der Waals surface area contributed by atoms with Crippen LogP contribution >= 0.6 is 11.3 Å². The Bertz CT molecular complexity index is 511. The largest absolute Gasteiger partial charge is 0.480 e. The highest BCUT2D eigenvalue weighted by Crippen LogP contribution is 2.27. The molecular formula is C13H17NO4S. The number of aliphatic carboxylic acids is 1. The van der Waals surface area contributed by atoms with Gasteiger partial charge in [-0.25, -0.2) is 4.79 Å². The minimum atomic E-state index is -1.06. The highest BCUT2D eigenvalue weighted by Gasteiger charge is 2.39. The van der Waals surface area contributed by atoms with E-state index in [1.54, 1.807) is 0 Å². The molecule has 104 valence electrons. The van der Waals surface area contributed by atoms with Gasteiger partial charge in [0, 0.05) is 17.8 Å². The molecule has 1 fully saturated rings. The average molecular weight is 283 g/mol. The van der Waals surface area contributed by atoms with Gasteiger partial charge in [-0.05, 0) is 25.0 Å². The predicted molar refractivity (Wildman–Crippen MR) is 71.5 cm³/mol. The van der Waals surface area contributed by atoms with Gasteiger partial charge in [-0.15, -0.1) is 11.3 Å². The lowest BCUT2D eigenvalue weighted by Gasteiger charge is -2.20. The van der Waals surface area contributed by atoms with Gasteiger partial charge in [0.15, 0.2) is 0 Å². The lowest BCUT2D eigenvalue weighted by atomic mass is 10.2. The van der Waals surface area contributed by atoms with Gasteiger partial charge in [-0.2, -0.15) is 0 Å². The van der Waals surface area contributed by atoms with Crippen molar-refractivity contribution >= 4 is 23.2 Å². The molecule has 2 heterocycles. The zero-order valence-electron chi connectivity index (χ0n) is 10.9. The van der Waals surface area contributed by atoms with Crippen LogP contribution in [-0.2, 0) is 11.2 Å². The molecule has 1 saturated heterocycles. The number of rotatable bonds is 3. The van der Waals surface area contributed by atoms with Gasteiger partial charge in [0.1, 0.15) is 6.04 Å². The zero-order valence-corrected chi connectivity index (χ0v) is 11.7. The fourth-order valence-corrected chi connectivity index (χ4v) is 3.46. The summed E-state index contributed by atoms with van der Waals surface area (Å²) in [6.45, 7) is 4.06. The van der Waals surface area contributed by atoms with Crippen LogP contribution in [0.4, 0.5) is 0 Å². The van der Waals surface area contributed by atoms with Gasteiger partial charge in [0.25, 0.3) is 5.91 Å². The second-order valence-corrected chi connectivity index (χ2v) is 6.00. The van der Waals surface area contributed by atoms with E-state index in [0.717, 1.165) is 16.9 Å². The molecule has 6 heteroatoms. The highest BCUT2D eigenvalue weighted by molar-refractivity contribution is 7.14. The highest BCUT2D eigenvalue weighted by atomic mass is 32.1. The van der Waals surface area contributed by atoms with E-state index in [4.69, 9.17) is 5.11 Å². The molecular weight excluding hydrogens is 266 g/mol. The molecule has 1 aliphatic rings. The van der Waals surface area contributed by atoms with Crippen LogP contribution in [0, 0.1) is 6.92 Å². The molecule has 2 unspecified atom stereocenters. The molecule has 0 spiro atoms. The molecule has 1 amide bonds. The van der Waals surface area contributed by atoms with Crippen molar-refractivity contribution in [1.29, 1.82) is 0 Å². The Morgan fingerprint density at radius 1 is 1.53 bits per heavy atom. The van der Waals surface area contributed by atoms with Gasteiger partial charge in [0.2, 0.25) is 0 Å². The molecule has 2 atom stereocenters. The first-order valence-corrected chi connectivity index (χ1v) is 7.06. The molecule has 0 bridgehead atoms. The van der Waals surface area contributed by atoms with Gasteiger partial charge < -0.3 is 15.1 Å². The van der Waals surface area contributed by atoms with Crippen molar-refractivity contribution in [3.63, 3.8) is 0 Å². The number of hydrogen-bond acceptors (Lipinski definition) is 4. The lowest BCUT2D eigenvalue weighted by molar-refractivity contribution is -0.141. The minimum absolute atomic E-state index is 0.0915. The van der Waals surface area contributed by atoms with Crippen LogP contribution in [0.25, 0.3) is 0 Å². The van der Waals surface area contributed by atoms with Crippen LogP contribution in [0.1, 0.15) is 33.5 Å². The van der Waals surface area contributed by atoms with E-state index in [0.29, 0.717) is 4.88 Å². The van der Waals surface area contributed by atoms with E-state index in [1.807, 2.05) is 19.9 Å². The van der Waals surface area contributed by atoms with Crippen LogP contribution in [0.2, 0.25) is 0 Å². The number of thiophene rings is 1. The fourth-order valence-electron chi connectivity index (χ4n) is 2.39. The van der Waals surface area contributed by atoms with E-state index in [9.17, 15) is 14.7 Å². The molecule has 5 nitrogen and oxygen atoms in total. The van der Waals surface area contributed by atoms with E-state index in [1.165, 1.54) is 16.2 Å². The summed E-state index contributed by atoms with van der Waals surface area (Å²) in [5, 5.41) is 18.7. The Labute approximate surface area is 115 Å². The SMILES string of the molecule is CCc1cc(C(=O)N2CC(O)CC2C(=O)O)sc1C. The van der Waals surface area contributed by atoms with Gasteiger partial charge in [-0.1, -0.05) is 6.92 Å². The van der Waals surface area contributed by atoms with Crippen LogP contribution in [0.5, 0.6) is 0 Å². The van der Waals surface area contributed by atoms with Crippen LogP contribution in [0.3, 0.4) is 0 Å². The van der Waals surface area contributed by atoms with E-state index in [2.05, 4.69) is 0 Å². The number of aliphatic hydroxyl groups is 1. The first kappa shape index (κ1) is 14.0. The third-order valence-corrected chi connectivity index (χ3v) is 4.52. The summed E-state index contributed by atoms with van der Waals surface area (Å²) in [6, 6.07) is 0.904. The standard InChI is InChI=1S/C13H17NO4S/c1-3-8-4-11(19-7(8)2)12(16)14-6-9(15)5-10(14)13(17)18/h4,9-10,15H,3,5-6H2,1-2H3,(H,17,18). The molecule has 0 saturated carbocycles. The van der Waals surface area contributed by atoms with Gasteiger partial charge in [0.05, 0.1) is 11.0 Å². The van der Waals surface area contributed by atoms with Crippen molar-refractivity contribution < 1.29 is 19.8 Å². The molecule has 0 aliphatic carbocycles. The van der Waals surface area contributed by atoms with Gasteiger partial charge >= 0.3 is 5.97 Å². The number of β-amino-alcohol motifs (C(OH)–C–C–N with tert-alkyl or cyclic N) is 1. The van der Waals surface area contributed by atoms with E-state index in [-0.39, 0.29) is 18.9 Å². The Kier molecular flexibility index (Phi) is 3.91. The molecule has 2 rings (SSSR count). The topological polar surface area (TPSA) is 77.8 Å². The first-order valence-electron chi connectivity index (χ1n) is 6.25. The molecule has 0 aromatic carbocycles. The number of carbonyl (C=O) groups is 2. The fraction of sp³-hybridized carbons (Fsp3) is 0.538. The summed E-state index contributed by atoms with van der Waals surface area (Å²) >= 11 is 1.38. The Morgan fingerprint density at radius 3 is 2.74 bits per heavy atom. The number of likely N-dealkylation sites (tertiary alicyclic amines) is 1. The summed E-state index contributed by atoms with van der Waals surface area (Å²) < 4.78 is 0. The molecule has 2 N–H and O–H groups in total. The molecule has 1 aliphatic heterocycles. The lowest BCUT2D eigenvalue weighted by Crippen LogP contribution is -2.40. The molecule has 1 aromatic heterocycles. The van der Waals surface area contributed by atoms with Crippen molar-refractivity contribution in [3.05, 3.63) is 21.4 Å². The van der Waals surface area contributed by atoms with Crippen molar-refractivity contribution in [2.75, 3.05) is 6.54 Å². The average Bonchev–Trinajstić information content (AvgIpc) is 2.91. The number of aliphatic hydroxyl groups excluding tert-OH is 1. The monoisotopic (exact) mass is 283 g/mol. The van der Waals surface area contributed by atoms with Crippen LogP contribution in [0.15, 0.2) is 6.07 Å². The number of amides is 1. The summed E-state index contributed by atoms with van der Waals surface area (Å²) in [5.74, 6) is -1.36. The Morgan fingerprint density at radius 2 is 2.21 bits per heavy atom. The van der Waals surface area contributed by atoms with Crippen molar-refractivity contribution in [1.82, 2.24) is 4.90 Å². The summed E-state index contributed by atoms with van der Waals surface area (Å²) in [4.78, 5) is 26.4. The zero-order chi connectivity index (χ0) is 14.2. The normalized spacial score (nSPS) is 22.8. The number of aryl methyl sites for hydroxylation is 2. The number of carboxylic acids is 1. The Hall–Kier alpha value is -1.40. The predicted octanol–water partition coefficient (Wildman–Crippen LogP) is 1.28. The molecule has 0 radical (unpaired) electrons. The summed E-state index contributed by atoms with van der Waals surface area (Å²) in [6.07, 6.45) is 0.198. The van der Waals surface area contributed by atoms with Crippen molar-refractivity contribution in [2.24, 2.45) is 0 Å². The number of hydrogen-bond donors (Lipinski definition) is 2. The number of carboxylic acid groups (broad SMARTS) is 1. The van der Waals surface area contributed by atoms with E-state index >= 15 is 0 Å². The van der Waals surface area contributed by atoms with Crippen LogP contribution in [-0.4, -0.2) is 45.7 Å². The third-order valence-electron chi connectivity index (χ3n) is 3.44. The quantitative estimate of drug-likeness (QED) is 0.876. The smallest absolute Gasteiger partial charge is 0.326 e. The molecule has 1 aromatic rings. The number of carbonyl (C=O) groups excluding carboxylic acids is 1. The van der Waals surface area contributed by atoms with Crippen molar-refractivity contribution in [3.8, 4) is 0 Å². The second kappa shape index (κ2) is 5.30. The second-order valence-electron chi connectivity index (χ2n) is 4.75. The Balaban J connectivity index is 2.25. The molecule has 19 heavy (non-hydrogen) atoms. The maximum Gasteiger partial charge on any atom is 0.326 e. The maximum absolute atomic E-state index is 12.4. The maximum atomic E-state index is 12.4. The van der Waals surface area contributed by atoms with Crippen LogP contribution < -0.4 is 0 Å². The first-order chi connectivity index (χ1) is 8.93. The summed E-state index contributed by atoms with van der Waals surface area (Å²) in [5.41, 5.74) is 1.11. The van der Waals surface area contributed by atoms with Crippen molar-refractivity contribution in [2.45, 2.75) is 38.8 Å². The number of nitrogens with zero attached hydrogens (tertiary/aromatic N) is 1. The van der Waals surface area contributed by atoms with E-state index < -0.39 is 18.1 Å².